The first-order chi connectivity index (χ1) is 8.99. The minimum Gasteiger partial charge on any atom is -0.496 e. The van der Waals surface area contributed by atoms with Crippen LogP contribution in [-0.2, 0) is 4.79 Å². The zero-order chi connectivity index (χ0) is 14.4. The van der Waals surface area contributed by atoms with E-state index in [0.717, 1.165) is 34.3 Å². The average molecular weight is 262 g/mol. The molecular formula is C15H18O4. The minimum atomic E-state index is -0.975. The van der Waals surface area contributed by atoms with Gasteiger partial charge in [0.25, 0.3) is 0 Å². The van der Waals surface area contributed by atoms with Crippen molar-refractivity contribution in [3.8, 4) is 11.5 Å². The maximum atomic E-state index is 10.4. The van der Waals surface area contributed by atoms with Gasteiger partial charge in [0, 0.05) is 11.6 Å². The molecule has 0 heterocycles. The van der Waals surface area contributed by atoms with E-state index in [1.54, 1.807) is 20.3 Å². The maximum absolute atomic E-state index is 10.4. The third kappa shape index (κ3) is 3.88. The SMILES string of the molecule is COc1cc(/C(C)=C/C=C/C(=O)O)c(OC)cc1C. The zero-order valence-electron chi connectivity index (χ0n) is 11.6. The topological polar surface area (TPSA) is 55.8 Å². The monoisotopic (exact) mass is 262 g/mol. The first-order valence-corrected chi connectivity index (χ1v) is 5.80. The molecule has 0 aliphatic heterocycles. The van der Waals surface area contributed by atoms with Crippen molar-refractivity contribution in [1.82, 2.24) is 0 Å². The van der Waals surface area contributed by atoms with Gasteiger partial charge < -0.3 is 14.6 Å². The van der Waals surface area contributed by atoms with Gasteiger partial charge in [0.05, 0.1) is 14.2 Å². The smallest absolute Gasteiger partial charge is 0.328 e. The van der Waals surface area contributed by atoms with Crippen LogP contribution >= 0.6 is 0 Å². The number of hydrogen-bond acceptors (Lipinski definition) is 3. The first kappa shape index (κ1) is 14.8. The van der Waals surface area contributed by atoms with Gasteiger partial charge in [0.15, 0.2) is 0 Å². The number of benzene rings is 1. The van der Waals surface area contributed by atoms with E-state index in [1.807, 2.05) is 26.0 Å². The highest BCUT2D eigenvalue weighted by atomic mass is 16.5. The number of carboxylic acids is 1. The van der Waals surface area contributed by atoms with Crippen LogP contribution in [0.5, 0.6) is 11.5 Å². The molecule has 0 radical (unpaired) electrons. The molecule has 0 atom stereocenters. The molecule has 0 aliphatic rings. The largest absolute Gasteiger partial charge is 0.496 e. The van der Waals surface area contributed by atoms with Crippen molar-refractivity contribution in [3.63, 3.8) is 0 Å². The van der Waals surface area contributed by atoms with Crippen molar-refractivity contribution in [2.24, 2.45) is 0 Å². The summed E-state index contributed by atoms with van der Waals surface area (Å²) in [4.78, 5) is 10.4. The van der Waals surface area contributed by atoms with Crippen LogP contribution < -0.4 is 9.47 Å². The summed E-state index contributed by atoms with van der Waals surface area (Å²) < 4.78 is 10.6. The van der Waals surface area contributed by atoms with Gasteiger partial charge in [0.1, 0.15) is 11.5 Å². The number of carboxylic acid groups (broad SMARTS) is 1. The third-order valence-electron chi connectivity index (χ3n) is 2.73. The Labute approximate surface area is 113 Å². The fourth-order valence-corrected chi connectivity index (χ4v) is 1.72. The molecule has 1 aromatic carbocycles. The van der Waals surface area contributed by atoms with E-state index in [4.69, 9.17) is 14.6 Å². The lowest BCUT2D eigenvalue weighted by atomic mass is 10.0. The Morgan fingerprint density at radius 2 is 1.84 bits per heavy atom. The molecule has 4 heteroatoms. The fraction of sp³-hybridized carbons (Fsp3) is 0.267. The lowest BCUT2D eigenvalue weighted by Crippen LogP contribution is -1.94. The van der Waals surface area contributed by atoms with Crippen molar-refractivity contribution >= 4 is 11.5 Å². The Bertz CT molecular complexity index is 527. The van der Waals surface area contributed by atoms with Crippen LogP contribution in [0.15, 0.2) is 30.4 Å². The van der Waals surface area contributed by atoms with E-state index in [0.29, 0.717) is 0 Å². The van der Waals surface area contributed by atoms with Crippen LogP contribution in [0.3, 0.4) is 0 Å². The molecule has 1 rings (SSSR count). The minimum absolute atomic E-state index is 0.732. The highest BCUT2D eigenvalue weighted by molar-refractivity contribution is 5.81. The van der Waals surface area contributed by atoms with Crippen molar-refractivity contribution < 1.29 is 19.4 Å². The highest BCUT2D eigenvalue weighted by Crippen LogP contribution is 2.32. The van der Waals surface area contributed by atoms with E-state index in [-0.39, 0.29) is 0 Å². The summed E-state index contributed by atoms with van der Waals surface area (Å²) in [5.74, 6) is 0.527. The lowest BCUT2D eigenvalue weighted by Gasteiger charge is -2.13. The van der Waals surface area contributed by atoms with Crippen molar-refractivity contribution in [3.05, 3.63) is 41.5 Å². The van der Waals surface area contributed by atoms with E-state index in [1.165, 1.54) is 6.08 Å². The molecule has 0 bridgehead atoms. The van der Waals surface area contributed by atoms with Gasteiger partial charge in [-0.1, -0.05) is 12.2 Å². The highest BCUT2D eigenvalue weighted by Gasteiger charge is 2.09. The predicted octanol–water partition coefficient (Wildman–Crippen LogP) is 3.06. The predicted molar refractivity (Wildman–Crippen MR) is 74.7 cm³/mol. The summed E-state index contributed by atoms with van der Waals surface area (Å²) in [5, 5.41) is 8.56. The Morgan fingerprint density at radius 1 is 1.21 bits per heavy atom. The van der Waals surface area contributed by atoms with Crippen molar-refractivity contribution in [1.29, 1.82) is 0 Å². The van der Waals surface area contributed by atoms with E-state index in [2.05, 4.69) is 0 Å². The number of aryl methyl sites for hydroxylation is 1. The molecule has 102 valence electrons. The number of ether oxygens (including phenoxy) is 2. The Balaban J connectivity index is 3.20. The summed E-state index contributed by atoms with van der Waals surface area (Å²) >= 11 is 0. The zero-order valence-corrected chi connectivity index (χ0v) is 11.6. The molecule has 4 nitrogen and oxygen atoms in total. The molecule has 0 saturated heterocycles. The van der Waals surface area contributed by atoms with Crippen LogP contribution in [0.4, 0.5) is 0 Å². The van der Waals surface area contributed by atoms with Gasteiger partial charge in [-0.25, -0.2) is 4.79 Å². The second kappa shape index (κ2) is 6.64. The molecule has 0 fully saturated rings. The van der Waals surface area contributed by atoms with E-state index >= 15 is 0 Å². The normalized spacial score (nSPS) is 11.7. The van der Waals surface area contributed by atoms with Gasteiger partial charge in [-0.15, -0.1) is 0 Å². The number of allylic oxidation sites excluding steroid dienone is 3. The Kier molecular flexibility index (Phi) is 5.18. The standard InChI is InChI=1S/C15H18O4/c1-10(6-5-7-15(16)17)12-9-13(18-3)11(2)8-14(12)19-4/h5-9H,1-4H3,(H,16,17)/b7-5+,10-6+. The van der Waals surface area contributed by atoms with Gasteiger partial charge in [-0.05, 0) is 37.1 Å². The second-order valence-electron chi connectivity index (χ2n) is 4.07. The molecule has 0 spiro atoms. The van der Waals surface area contributed by atoms with Crippen molar-refractivity contribution in [2.45, 2.75) is 13.8 Å². The van der Waals surface area contributed by atoms with Gasteiger partial charge >= 0.3 is 5.97 Å². The van der Waals surface area contributed by atoms with Gasteiger partial charge in [0.2, 0.25) is 0 Å². The summed E-state index contributed by atoms with van der Waals surface area (Å²) in [5.41, 5.74) is 2.75. The van der Waals surface area contributed by atoms with Gasteiger partial charge in [-0.3, -0.25) is 0 Å². The van der Waals surface area contributed by atoms with Crippen LogP contribution in [0.25, 0.3) is 5.57 Å². The summed E-state index contributed by atoms with van der Waals surface area (Å²) in [7, 11) is 3.22. The van der Waals surface area contributed by atoms with E-state index in [9.17, 15) is 4.79 Å². The number of carbonyl (C=O) groups is 1. The number of aliphatic carboxylic acids is 1. The van der Waals surface area contributed by atoms with E-state index < -0.39 is 5.97 Å². The molecule has 19 heavy (non-hydrogen) atoms. The lowest BCUT2D eigenvalue weighted by molar-refractivity contribution is -0.131. The number of methoxy groups -OCH3 is 2. The molecule has 0 amide bonds. The molecule has 1 aromatic rings. The quantitative estimate of drug-likeness (QED) is 0.654. The molecule has 0 unspecified atom stereocenters. The van der Waals surface area contributed by atoms with Crippen molar-refractivity contribution in [2.75, 3.05) is 14.2 Å². The van der Waals surface area contributed by atoms with Crippen LogP contribution in [0, 0.1) is 6.92 Å². The van der Waals surface area contributed by atoms with Crippen LogP contribution in [0.1, 0.15) is 18.1 Å². The summed E-state index contributed by atoms with van der Waals surface area (Å²) in [6.07, 6.45) is 4.30. The summed E-state index contributed by atoms with van der Waals surface area (Å²) in [6, 6.07) is 3.78. The first-order valence-electron chi connectivity index (χ1n) is 5.80. The second-order valence-corrected chi connectivity index (χ2v) is 4.07. The van der Waals surface area contributed by atoms with Gasteiger partial charge in [-0.2, -0.15) is 0 Å². The summed E-state index contributed by atoms with van der Waals surface area (Å²) in [6.45, 7) is 3.83. The number of hydrogen-bond donors (Lipinski definition) is 1. The molecule has 0 saturated carbocycles. The van der Waals surface area contributed by atoms with Crippen LogP contribution in [0.2, 0.25) is 0 Å². The molecular weight excluding hydrogens is 244 g/mol. The Morgan fingerprint density at radius 3 is 2.37 bits per heavy atom. The van der Waals surface area contributed by atoms with Crippen LogP contribution in [-0.4, -0.2) is 25.3 Å². The molecule has 0 aromatic heterocycles. The fourth-order valence-electron chi connectivity index (χ4n) is 1.72. The average Bonchev–Trinajstić information content (AvgIpc) is 2.37. The maximum Gasteiger partial charge on any atom is 0.328 e. The third-order valence-corrected chi connectivity index (χ3v) is 2.73. The Hall–Kier alpha value is -2.23. The molecule has 0 aliphatic carbocycles. The molecule has 1 N–H and O–H groups in total. The number of rotatable bonds is 5.